The number of hydrogen-bond acceptors (Lipinski definition) is 5. The molecule has 0 radical (unpaired) electrons. The van der Waals surface area contributed by atoms with Crippen LogP contribution >= 0.6 is 0 Å². The molecule has 0 aromatic carbocycles. The van der Waals surface area contributed by atoms with E-state index in [0.29, 0.717) is 26.3 Å². The quantitative estimate of drug-likeness (QED) is 0.753. The molecule has 86 valence electrons. The van der Waals surface area contributed by atoms with E-state index in [1.165, 1.54) is 0 Å². The normalized spacial score (nSPS) is 16.1. The summed E-state index contributed by atoms with van der Waals surface area (Å²) in [5.74, 6) is -1.91. The van der Waals surface area contributed by atoms with Crippen molar-refractivity contribution in [3.8, 4) is 0 Å². The molecule has 1 aliphatic rings. The molecule has 1 aromatic rings. The Hall–Kier alpha value is -1.89. The Labute approximate surface area is 90.6 Å². The second-order valence-corrected chi connectivity index (χ2v) is 3.29. The molecule has 0 bridgehead atoms. The van der Waals surface area contributed by atoms with Gasteiger partial charge in [0.15, 0.2) is 5.69 Å². The van der Waals surface area contributed by atoms with E-state index in [0.717, 1.165) is 6.07 Å². The number of carbonyl (C=O) groups is 2. The Morgan fingerprint density at radius 1 is 1.38 bits per heavy atom. The SMILES string of the molecule is O=C(O)c1cc(C(=O)N2CCOCC2)no1. The molecule has 0 unspecified atom stereocenters. The number of ether oxygens (including phenoxy) is 1. The number of hydrogen-bond donors (Lipinski definition) is 1. The summed E-state index contributed by atoms with van der Waals surface area (Å²) >= 11 is 0. The van der Waals surface area contributed by atoms with Gasteiger partial charge < -0.3 is 19.3 Å². The van der Waals surface area contributed by atoms with Crippen molar-refractivity contribution < 1.29 is 24.0 Å². The average molecular weight is 226 g/mol. The zero-order valence-electron chi connectivity index (χ0n) is 8.38. The molecule has 1 aliphatic heterocycles. The Morgan fingerprint density at radius 3 is 2.62 bits per heavy atom. The summed E-state index contributed by atoms with van der Waals surface area (Å²) in [5.41, 5.74) is 0.0132. The minimum absolute atomic E-state index is 0.0132. The third kappa shape index (κ3) is 2.03. The predicted molar refractivity (Wildman–Crippen MR) is 50.2 cm³/mol. The van der Waals surface area contributed by atoms with Gasteiger partial charge in [-0.1, -0.05) is 5.16 Å². The molecule has 1 amide bonds. The fourth-order valence-corrected chi connectivity index (χ4v) is 1.41. The number of carbonyl (C=O) groups excluding carboxylic acids is 1. The van der Waals surface area contributed by atoms with Gasteiger partial charge in [0.25, 0.3) is 5.91 Å². The Kier molecular flexibility index (Phi) is 2.86. The highest BCUT2D eigenvalue weighted by Gasteiger charge is 2.23. The van der Waals surface area contributed by atoms with Gasteiger partial charge in [0.2, 0.25) is 5.76 Å². The van der Waals surface area contributed by atoms with Crippen LogP contribution in [0.3, 0.4) is 0 Å². The highest BCUT2D eigenvalue weighted by molar-refractivity contribution is 5.94. The first-order valence-electron chi connectivity index (χ1n) is 4.75. The summed E-state index contributed by atoms with van der Waals surface area (Å²) in [5, 5.41) is 12.0. The van der Waals surface area contributed by atoms with E-state index in [1.807, 2.05) is 0 Å². The van der Waals surface area contributed by atoms with Crippen molar-refractivity contribution in [3.63, 3.8) is 0 Å². The molecule has 1 saturated heterocycles. The molecule has 1 aromatic heterocycles. The number of amides is 1. The fourth-order valence-electron chi connectivity index (χ4n) is 1.41. The zero-order chi connectivity index (χ0) is 11.5. The van der Waals surface area contributed by atoms with E-state index in [1.54, 1.807) is 4.90 Å². The van der Waals surface area contributed by atoms with Gasteiger partial charge in [-0.2, -0.15) is 0 Å². The molecule has 2 rings (SSSR count). The fraction of sp³-hybridized carbons (Fsp3) is 0.444. The highest BCUT2D eigenvalue weighted by atomic mass is 16.5. The summed E-state index contributed by atoms with van der Waals surface area (Å²) in [6.07, 6.45) is 0. The lowest BCUT2D eigenvalue weighted by Gasteiger charge is -2.25. The third-order valence-electron chi connectivity index (χ3n) is 2.24. The first kappa shape index (κ1) is 10.6. The van der Waals surface area contributed by atoms with E-state index >= 15 is 0 Å². The van der Waals surface area contributed by atoms with Crippen LogP contribution < -0.4 is 0 Å². The van der Waals surface area contributed by atoms with E-state index < -0.39 is 5.97 Å². The van der Waals surface area contributed by atoms with Crippen molar-refractivity contribution in [1.29, 1.82) is 0 Å². The van der Waals surface area contributed by atoms with Crippen LogP contribution in [0, 0.1) is 0 Å². The van der Waals surface area contributed by atoms with Gasteiger partial charge in [0.05, 0.1) is 13.2 Å². The molecule has 0 saturated carbocycles. The first-order valence-corrected chi connectivity index (χ1v) is 4.75. The number of carboxylic acids is 1. The summed E-state index contributed by atoms with van der Waals surface area (Å²) in [6, 6.07) is 1.13. The molecule has 0 spiro atoms. The Bertz CT molecular complexity index is 408. The van der Waals surface area contributed by atoms with E-state index in [4.69, 9.17) is 9.84 Å². The van der Waals surface area contributed by atoms with Gasteiger partial charge in [-0.15, -0.1) is 0 Å². The zero-order valence-corrected chi connectivity index (χ0v) is 8.38. The van der Waals surface area contributed by atoms with Gasteiger partial charge in [-0.25, -0.2) is 4.79 Å². The second kappa shape index (κ2) is 4.31. The lowest BCUT2D eigenvalue weighted by Crippen LogP contribution is -2.40. The molecule has 2 heterocycles. The van der Waals surface area contributed by atoms with Crippen molar-refractivity contribution >= 4 is 11.9 Å². The molecule has 0 atom stereocenters. The van der Waals surface area contributed by atoms with Crippen molar-refractivity contribution in [2.75, 3.05) is 26.3 Å². The second-order valence-electron chi connectivity index (χ2n) is 3.29. The third-order valence-corrected chi connectivity index (χ3v) is 2.24. The molecule has 1 fully saturated rings. The number of carboxylic acid groups (broad SMARTS) is 1. The lowest BCUT2D eigenvalue weighted by atomic mass is 10.3. The maximum Gasteiger partial charge on any atom is 0.374 e. The topological polar surface area (TPSA) is 92.9 Å². The van der Waals surface area contributed by atoms with E-state index in [2.05, 4.69) is 9.68 Å². The molecule has 1 N–H and O–H groups in total. The molecule has 7 nitrogen and oxygen atoms in total. The minimum atomic E-state index is -1.24. The van der Waals surface area contributed by atoms with Gasteiger partial charge in [-0.05, 0) is 0 Å². The van der Waals surface area contributed by atoms with Gasteiger partial charge in [0, 0.05) is 19.2 Å². The summed E-state index contributed by atoms with van der Waals surface area (Å²) in [7, 11) is 0. The number of aromatic carboxylic acids is 1. The van der Waals surface area contributed by atoms with Crippen LogP contribution in [0.2, 0.25) is 0 Å². The van der Waals surface area contributed by atoms with Crippen molar-refractivity contribution in [3.05, 3.63) is 17.5 Å². The lowest BCUT2D eigenvalue weighted by molar-refractivity contribution is 0.0296. The highest BCUT2D eigenvalue weighted by Crippen LogP contribution is 2.08. The van der Waals surface area contributed by atoms with Crippen LogP contribution in [0.5, 0.6) is 0 Å². The number of morpholine rings is 1. The smallest absolute Gasteiger partial charge is 0.374 e. The molecule has 16 heavy (non-hydrogen) atoms. The Balaban J connectivity index is 2.10. The van der Waals surface area contributed by atoms with Crippen LogP contribution in [-0.2, 0) is 4.74 Å². The first-order chi connectivity index (χ1) is 7.68. The van der Waals surface area contributed by atoms with Crippen LogP contribution in [0.25, 0.3) is 0 Å². The van der Waals surface area contributed by atoms with Crippen LogP contribution in [-0.4, -0.2) is 53.3 Å². The summed E-state index contributed by atoms with van der Waals surface area (Å²) in [4.78, 5) is 23.9. The van der Waals surface area contributed by atoms with Gasteiger partial charge >= 0.3 is 5.97 Å². The summed E-state index contributed by atoms with van der Waals surface area (Å²) < 4.78 is 9.61. The summed E-state index contributed by atoms with van der Waals surface area (Å²) in [6.45, 7) is 1.92. The van der Waals surface area contributed by atoms with Crippen LogP contribution in [0.15, 0.2) is 10.6 Å². The Morgan fingerprint density at radius 2 is 2.06 bits per heavy atom. The monoisotopic (exact) mass is 226 g/mol. The molecule has 7 heteroatoms. The largest absolute Gasteiger partial charge is 0.475 e. The maximum atomic E-state index is 11.8. The van der Waals surface area contributed by atoms with Crippen molar-refractivity contribution in [2.45, 2.75) is 0 Å². The molecular weight excluding hydrogens is 216 g/mol. The van der Waals surface area contributed by atoms with Crippen molar-refractivity contribution in [2.24, 2.45) is 0 Å². The minimum Gasteiger partial charge on any atom is -0.475 e. The average Bonchev–Trinajstić information content (AvgIpc) is 2.78. The van der Waals surface area contributed by atoms with Crippen LogP contribution in [0.1, 0.15) is 21.0 Å². The van der Waals surface area contributed by atoms with Gasteiger partial charge in [-0.3, -0.25) is 4.79 Å². The van der Waals surface area contributed by atoms with Crippen LogP contribution in [0.4, 0.5) is 0 Å². The maximum absolute atomic E-state index is 11.8. The number of rotatable bonds is 2. The molecule has 0 aliphatic carbocycles. The standard InChI is InChI=1S/C9H10N2O5/c12-8(11-1-3-15-4-2-11)6-5-7(9(13)14)16-10-6/h5H,1-4H2,(H,13,14). The van der Waals surface area contributed by atoms with Crippen molar-refractivity contribution in [1.82, 2.24) is 10.1 Å². The van der Waals surface area contributed by atoms with Gasteiger partial charge in [0.1, 0.15) is 0 Å². The molecular formula is C9H10N2O5. The predicted octanol–water partition coefficient (Wildman–Crippen LogP) is -0.155. The van der Waals surface area contributed by atoms with E-state index in [-0.39, 0.29) is 17.4 Å². The number of aromatic nitrogens is 1. The number of nitrogens with zero attached hydrogens (tertiary/aromatic N) is 2. The van der Waals surface area contributed by atoms with E-state index in [9.17, 15) is 9.59 Å².